The SMILES string of the molecule is CCc1ccc(NC(=O)c2cc(-c3ccc(Br)cc3)oc2C)cc1. The highest BCUT2D eigenvalue weighted by atomic mass is 79.9. The normalized spacial score (nSPS) is 10.6. The van der Waals surface area contributed by atoms with Gasteiger partial charge in [0, 0.05) is 15.7 Å². The Morgan fingerprint density at radius 2 is 1.75 bits per heavy atom. The minimum Gasteiger partial charge on any atom is -0.461 e. The van der Waals surface area contributed by atoms with E-state index in [1.54, 1.807) is 13.0 Å². The Balaban J connectivity index is 1.81. The molecule has 0 bridgehead atoms. The zero-order valence-electron chi connectivity index (χ0n) is 13.6. The molecule has 0 atom stereocenters. The monoisotopic (exact) mass is 383 g/mol. The summed E-state index contributed by atoms with van der Waals surface area (Å²) >= 11 is 3.41. The van der Waals surface area contributed by atoms with Crippen molar-refractivity contribution in [2.24, 2.45) is 0 Å². The first-order valence-electron chi connectivity index (χ1n) is 7.83. The van der Waals surface area contributed by atoms with Crippen LogP contribution in [0.1, 0.15) is 28.6 Å². The topological polar surface area (TPSA) is 42.2 Å². The van der Waals surface area contributed by atoms with Crippen LogP contribution in [-0.4, -0.2) is 5.91 Å². The van der Waals surface area contributed by atoms with E-state index in [2.05, 4.69) is 28.2 Å². The molecule has 0 aliphatic rings. The highest BCUT2D eigenvalue weighted by Crippen LogP contribution is 2.27. The molecule has 0 spiro atoms. The van der Waals surface area contributed by atoms with Gasteiger partial charge in [-0.2, -0.15) is 0 Å². The van der Waals surface area contributed by atoms with Gasteiger partial charge in [-0.1, -0.05) is 47.1 Å². The van der Waals surface area contributed by atoms with Crippen molar-refractivity contribution in [1.82, 2.24) is 0 Å². The summed E-state index contributed by atoms with van der Waals surface area (Å²) in [6, 6.07) is 17.5. The van der Waals surface area contributed by atoms with Crippen LogP contribution in [0.15, 0.2) is 63.5 Å². The van der Waals surface area contributed by atoms with Crippen LogP contribution in [0.3, 0.4) is 0 Å². The van der Waals surface area contributed by atoms with Gasteiger partial charge in [-0.15, -0.1) is 0 Å². The van der Waals surface area contributed by atoms with Gasteiger partial charge in [0.1, 0.15) is 11.5 Å². The summed E-state index contributed by atoms with van der Waals surface area (Å²) in [5.74, 6) is 1.13. The first-order valence-corrected chi connectivity index (χ1v) is 8.63. The van der Waals surface area contributed by atoms with E-state index in [4.69, 9.17) is 4.42 Å². The van der Waals surface area contributed by atoms with Gasteiger partial charge in [-0.05, 0) is 49.2 Å². The number of furan rings is 1. The third kappa shape index (κ3) is 3.60. The Labute approximate surface area is 149 Å². The van der Waals surface area contributed by atoms with Crippen LogP contribution in [-0.2, 0) is 6.42 Å². The number of carbonyl (C=O) groups is 1. The summed E-state index contributed by atoms with van der Waals surface area (Å²) in [6.07, 6.45) is 0.978. The molecule has 0 aliphatic heterocycles. The van der Waals surface area contributed by atoms with E-state index in [0.29, 0.717) is 17.1 Å². The summed E-state index contributed by atoms with van der Waals surface area (Å²) in [5, 5.41) is 2.92. The van der Waals surface area contributed by atoms with E-state index >= 15 is 0 Å². The summed E-state index contributed by atoms with van der Waals surface area (Å²) in [5.41, 5.74) is 3.51. The molecule has 0 fully saturated rings. The van der Waals surface area contributed by atoms with Crippen LogP contribution in [0.5, 0.6) is 0 Å². The first-order chi connectivity index (χ1) is 11.6. The van der Waals surface area contributed by atoms with Crippen LogP contribution >= 0.6 is 15.9 Å². The van der Waals surface area contributed by atoms with E-state index < -0.39 is 0 Å². The number of hydrogen-bond donors (Lipinski definition) is 1. The number of carbonyl (C=O) groups excluding carboxylic acids is 1. The van der Waals surface area contributed by atoms with Gasteiger partial charge < -0.3 is 9.73 Å². The molecule has 24 heavy (non-hydrogen) atoms. The lowest BCUT2D eigenvalue weighted by atomic mass is 10.1. The van der Waals surface area contributed by atoms with Crippen LogP contribution in [0.4, 0.5) is 5.69 Å². The predicted octanol–water partition coefficient (Wildman–Crippen LogP) is 5.83. The minimum atomic E-state index is -0.163. The molecular formula is C20H18BrNO2. The van der Waals surface area contributed by atoms with Crippen LogP contribution in [0.25, 0.3) is 11.3 Å². The van der Waals surface area contributed by atoms with E-state index in [9.17, 15) is 4.79 Å². The van der Waals surface area contributed by atoms with E-state index in [1.165, 1.54) is 5.56 Å². The molecule has 4 heteroatoms. The van der Waals surface area contributed by atoms with Gasteiger partial charge >= 0.3 is 0 Å². The van der Waals surface area contributed by atoms with Gasteiger partial charge in [0.25, 0.3) is 5.91 Å². The van der Waals surface area contributed by atoms with Crippen LogP contribution in [0.2, 0.25) is 0 Å². The molecule has 122 valence electrons. The molecule has 1 aromatic heterocycles. The fourth-order valence-corrected chi connectivity index (χ4v) is 2.75. The molecule has 0 saturated carbocycles. The van der Waals surface area contributed by atoms with Crippen molar-refractivity contribution in [2.75, 3.05) is 5.32 Å². The zero-order valence-corrected chi connectivity index (χ0v) is 15.2. The van der Waals surface area contributed by atoms with Crippen molar-refractivity contribution in [3.05, 3.63) is 76.0 Å². The molecule has 1 amide bonds. The van der Waals surface area contributed by atoms with Gasteiger partial charge in [-0.3, -0.25) is 4.79 Å². The maximum Gasteiger partial charge on any atom is 0.259 e. The average molecular weight is 384 g/mol. The molecule has 3 rings (SSSR count). The molecule has 0 aliphatic carbocycles. The Morgan fingerprint density at radius 3 is 2.38 bits per heavy atom. The predicted molar refractivity (Wildman–Crippen MR) is 100 cm³/mol. The largest absolute Gasteiger partial charge is 0.461 e. The quantitative estimate of drug-likeness (QED) is 0.615. The molecular weight excluding hydrogens is 366 g/mol. The maximum absolute atomic E-state index is 12.5. The maximum atomic E-state index is 12.5. The number of anilines is 1. The third-order valence-corrected chi connectivity index (χ3v) is 4.44. The lowest BCUT2D eigenvalue weighted by Crippen LogP contribution is -2.12. The van der Waals surface area contributed by atoms with Crippen molar-refractivity contribution in [3.8, 4) is 11.3 Å². The lowest BCUT2D eigenvalue weighted by Gasteiger charge is -2.05. The number of rotatable bonds is 4. The Bertz CT molecular complexity index is 848. The Morgan fingerprint density at radius 1 is 1.08 bits per heavy atom. The number of benzene rings is 2. The summed E-state index contributed by atoms with van der Waals surface area (Å²) in [4.78, 5) is 12.5. The molecule has 0 radical (unpaired) electrons. The number of aryl methyl sites for hydroxylation is 2. The van der Waals surface area contributed by atoms with E-state index in [-0.39, 0.29) is 5.91 Å². The molecule has 3 nitrogen and oxygen atoms in total. The van der Waals surface area contributed by atoms with Gasteiger partial charge in [-0.25, -0.2) is 0 Å². The van der Waals surface area contributed by atoms with Gasteiger partial charge in [0.15, 0.2) is 0 Å². The van der Waals surface area contributed by atoms with Crippen molar-refractivity contribution in [1.29, 1.82) is 0 Å². The molecule has 1 N–H and O–H groups in total. The lowest BCUT2D eigenvalue weighted by molar-refractivity contribution is 0.102. The minimum absolute atomic E-state index is 0.163. The second kappa shape index (κ2) is 7.05. The fraction of sp³-hybridized carbons (Fsp3) is 0.150. The second-order valence-corrected chi connectivity index (χ2v) is 6.51. The number of hydrogen-bond acceptors (Lipinski definition) is 2. The van der Waals surface area contributed by atoms with Crippen molar-refractivity contribution >= 4 is 27.5 Å². The first kappa shape index (κ1) is 16.5. The number of nitrogens with one attached hydrogen (secondary N) is 1. The molecule has 0 saturated heterocycles. The smallest absolute Gasteiger partial charge is 0.259 e. The molecule has 3 aromatic rings. The fourth-order valence-electron chi connectivity index (χ4n) is 2.49. The van der Waals surface area contributed by atoms with Crippen LogP contribution in [0, 0.1) is 6.92 Å². The van der Waals surface area contributed by atoms with Gasteiger partial charge in [0.05, 0.1) is 5.56 Å². The Hall–Kier alpha value is -2.33. The van der Waals surface area contributed by atoms with Crippen molar-refractivity contribution in [2.45, 2.75) is 20.3 Å². The summed E-state index contributed by atoms with van der Waals surface area (Å²) < 4.78 is 6.76. The molecule has 0 unspecified atom stereocenters. The highest BCUT2D eigenvalue weighted by molar-refractivity contribution is 9.10. The second-order valence-electron chi connectivity index (χ2n) is 5.59. The zero-order chi connectivity index (χ0) is 17.1. The van der Waals surface area contributed by atoms with E-state index in [1.807, 2.05) is 48.5 Å². The Kier molecular flexibility index (Phi) is 4.86. The molecule has 2 aromatic carbocycles. The number of halogens is 1. The van der Waals surface area contributed by atoms with Crippen molar-refractivity contribution < 1.29 is 9.21 Å². The van der Waals surface area contributed by atoms with Gasteiger partial charge in [0.2, 0.25) is 0 Å². The third-order valence-electron chi connectivity index (χ3n) is 3.91. The standard InChI is InChI=1S/C20H18BrNO2/c1-3-14-4-10-17(11-5-14)22-20(23)18-12-19(24-13(18)2)15-6-8-16(21)9-7-15/h4-12H,3H2,1-2H3,(H,22,23). The van der Waals surface area contributed by atoms with Crippen molar-refractivity contribution in [3.63, 3.8) is 0 Å². The average Bonchev–Trinajstić information content (AvgIpc) is 2.98. The summed E-state index contributed by atoms with van der Waals surface area (Å²) in [7, 11) is 0. The summed E-state index contributed by atoms with van der Waals surface area (Å²) in [6.45, 7) is 3.91. The number of amides is 1. The van der Waals surface area contributed by atoms with Crippen LogP contribution < -0.4 is 5.32 Å². The van der Waals surface area contributed by atoms with E-state index in [0.717, 1.165) is 22.1 Å². The molecule has 1 heterocycles. The highest BCUT2D eigenvalue weighted by Gasteiger charge is 2.16.